The minimum absolute atomic E-state index is 0.0328. The van der Waals surface area contributed by atoms with E-state index in [1.54, 1.807) is 0 Å². The Labute approximate surface area is 123 Å². The lowest BCUT2D eigenvalue weighted by Gasteiger charge is -2.34. The van der Waals surface area contributed by atoms with Gasteiger partial charge in [0.25, 0.3) is 11.6 Å². The number of anilines is 1. The van der Waals surface area contributed by atoms with Crippen LogP contribution in [0.4, 0.5) is 11.4 Å². The smallest absolute Gasteiger partial charge is 0.282 e. The molecule has 3 atom stereocenters. The third-order valence-electron chi connectivity index (χ3n) is 4.49. The van der Waals surface area contributed by atoms with E-state index < -0.39 is 10.8 Å². The van der Waals surface area contributed by atoms with E-state index in [1.807, 2.05) is 0 Å². The van der Waals surface area contributed by atoms with Crippen LogP contribution in [0.15, 0.2) is 18.2 Å². The number of nitro benzene ring substituents is 1. The number of nitro groups is 1. The van der Waals surface area contributed by atoms with E-state index in [2.05, 4.69) is 19.2 Å². The second-order valence-electron chi connectivity index (χ2n) is 5.88. The quantitative estimate of drug-likeness (QED) is 0.508. The van der Waals surface area contributed by atoms with E-state index in [-0.39, 0.29) is 17.3 Å². The van der Waals surface area contributed by atoms with Crippen molar-refractivity contribution < 1.29 is 9.72 Å². The molecular formula is C15H21N3O3. The molecule has 0 radical (unpaired) electrons. The number of nitrogens with one attached hydrogen (secondary N) is 1. The maximum atomic E-state index is 12.4. The van der Waals surface area contributed by atoms with Crippen LogP contribution in [-0.4, -0.2) is 16.9 Å². The first-order valence-electron chi connectivity index (χ1n) is 7.25. The molecule has 1 fully saturated rings. The Morgan fingerprint density at radius 3 is 2.76 bits per heavy atom. The van der Waals surface area contributed by atoms with Gasteiger partial charge in [0.1, 0.15) is 5.56 Å². The second-order valence-corrected chi connectivity index (χ2v) is 5.88. The second kappa shape index (κ2) is 6.11. The molecule has 21 heavy (non-hydrogen) atoms. The zero-order valence-electron chi connectivity index (χ0n) is 12.3. The van der Waals surface area contributed by atoms with Gasteiger partial charge in [-0.1, -0.05) is 26.7 Å². The van der Waals surface area contributed by atoms with E-state index in [9.17, 15) is 14.9 Å². The number of benzene rings is 1. The molecule has 1 aliphatic rings. The van der Waals surface area contributed by atoms with E-state index in [4.69, 9.17) is 5.73 Å². The van der Waals surface area contributed by atoms with Crippen LogP contribution in [0.25, 0.3) is 0 Å². The molecule has 0 aromatic heterocycles. The fourth-order valence-electron chi connectivity index (χ4n) is 2.93. The lowest BCUT2D eigenvalue weighted by atomic mass is 9.78. The summed E-state index contributed by atoms with van der Waals surface area (Å²) < 4.78 is 0. The summed E-state index contributed by atoms with van der Waals surface area (Å²) in [5, 5.41) is 14.0. The topological polar surface area (TPSA) is 98.3 Å². The molecule has 1 saturated carbocycles. The first-order valence-corrected chi connectivity index (χ1v) is 7.25. The SMILES string of the molecule is CC1CCCC(NC(=O)c2cc(N)ccc2[N+](=O)[O-])C1C. The highest BCUT2D eigenvalue weighted by Gasteiger charge is 2.30. The molecule has 3 N–H and O–H groups in total. The third-order valence-corrected chi connectivity index (χ3v) is 4.49. The number of hydrogen-bond acceptors (Lipinski definition) is 4. The van der Waals surface area contributed by atoms with Crippen LogP contribution in [0, 0.1) is 22.0 Å². The summed E-state index contributed by atoms with van der Waals surface area (Å²) in [6, 6.07) is 4.13. The molecule has 0 bridgehead atoms. The number of nitrogen functional groups attached to an aromatic ring is 1. The lowest BCUT2D eigenvalue weighted by molar-refractivity contribution is -0.385. The van der Waals surface area contributed by atoms with Crippen LogP contribution in [0.1, 0.15) is 43.5 Å². The van der Waals surface area contributed by atoms with Gasteiger partial charge < -0.3 is 11.1 Å². The first-order chi connectivity index (χ1) is 9.90. The van der Waals surface area contributed by atoms with Gasteiger partial charge in [-0.3, -0.25) is 14.9 Å². The Morgan fingerprint density at radius 1 is 1.38 bits per heavy atom. The fourth-order valence-corrected chi connectivity index (χ4v) is 2.93. The normalized spacial score (nSPS) is 25.3. The van der Waals surface area contributed by atoms with E-state index in [0.29, 0.717) is 17.5 Å². The molecule has 1 aliphatic carbocycles. The molecule has 6 heteroatoms. The van der Waals surface area contributed by atoms with Crippen molar-refractivity contribution in [3.8, 4) is 0 Å². The molecule has 0 saturated heterocycles. The highest BCUT2D eigenvalue weighted by atomic mass is 16.6. The summed E-state index contributed by atoms with van der Waals surface area (Å²) in [6.45, 7) is 4.29. The number of amides is 1. The van der Waals surface area contributed by atoms with E-state index in [0.717, 1.165) is 19.3 Å². The Morgan fingerprint density at radius 2 is 2.10 bits per heavy atom. The van der Waals surface area contributed by atoms with Gasteiger partial charge in [-0.05, 0) is 30.4 Å². The van der Waals surface area contributed by atoms with Gasteiger partial charge in [0.05, 0.1) is 4.92 Å². The van der Waals surface area contributed by atoms with Crippen molar-refractivity contribution in [3.05, 3.63) is 33.9 Å². The number of rotatable bonds is 3. The van der Waals surface area contributed by atoms with Gasteiger partial charge in [0, 0.05) is 17.8 Å². The Bertz CT molecular complexity index is 559. The maximum Gasteiger partial charge on any atom is 0.282 e. The summed E-state index contributed by atoms with van der Waals surface area (Å²) in [6.07, 6.45) is 3.13. The zero-order chi connectivity index (χ0) is 15.6. The van der Waals surface area contributed by atoms with Gasteiger partial charge in [0.15, 0.2) is 0 Å². The predicted molar refractivity (Wildman–Crippen MR) is 80.9 cm³/mol. The standard InChI is InChI=1S/C15H21N3O3/c1-9-4-3-5-13(10(9)2)17-15(19)12-8-11(16)6-7-14(12)18(20)21/h6-10,13H,3-5,16H2,1-2H3,(H,17,19). The number of carbonyl (C=O) groups is 1. The zero-order valence-corrected chi connectivity index (χ0v) is 12.3. The van der Waals surface area contributed by atoms with Crippen molar-refractivity contribution in [1.82, 2.24) is 5.32 Å². The summed E-state index contributed by atoms with van der Waals surface area (Å²) >= 11 is 0. The molecule has 0 heterocycles. The van der Waals surface area contributed by atoms with Crippen molar-refractivity contribution in [2.75, 3.05) is 5.73 Å². The van der Waals surface area contributed by atoms with Crippen molar-refractivity contribution in [1.29, 1.82) is 0 Å². The number of nitrogens with zero attached hydrogens (tertiary/aromatic N) is 1. The minimum Gasteiger partial charge on any atom is -0.399 e. The summed E-state index contributed by atoms with van der Waals surface area (Å²) in [7, 11) is 0. The van der Waals surface area contributed by atoms with Crippen LogP contribution in [-0.2, 0) is 0 Å². The van der Waals surface area contributed by atoms with Crippen molar-refractivity contribution in [3.63, 3.8) is 0 Å². The number of nitrogens with two attached hydrogens (primary N) is 1. The molecule has 3 unspecified atom stereocenters. The number of hydrogen-bond donors (Lipinski definition) is 2. The van der Waals surface area contributed by atoms with Crippen LogP contribution >= 0.6 is 0 Å². The van der Waals surface area contributed by atoms with Crippen LogP contribution in [0.3, 0.4) is 0 Å². The third kappa shape index (κ3) is 3.32. The fraction of sp³-hybridized carbons (Fsp3) is 0.533. The van der Waals surface area contributed by atoms with Gasteiger partial charge in [0.2, 0.25) is 0 Å². The van der Waals surface area contributed by atoms with Gasteiger partial charge in [-0.25, -0.2) is 0 Å². The van der Waals surface area contributed by atoms with Crippen molar-refractivity contribution in [2.24, 2.45) is 11.8 Å². The Hall–Kier alpha value is -2.11. The van der Waals surface area contributed by atoms with Crippen LogP contribution in [0.5, 0.6) is 0 Å². The molecule has 1 aromatic rings. The average Bonchev–Trinajstić information content (AvgIpc) is 2.43. The molecule has 6 nitrogen and oxygen atoms in total. The highest BCUT2D eigenvalue weighted by molar-refractivity contribution is 5.99. The minimum atomic E-state index is -0.554. The first kappa shape index (κ1) is 15.3. The van der Waals surface area contributed by atoms with Crippen LogP contribution < -0.4 is 11.1 Å². The maximum absolute atomic E-state index is 12.4. The lowest BCUT2D eigenvalue weighted by Crippen LogP contribution is -2.43. The summed E-state index contributed by atoms with van der Waals surface area (Å²) in [4.78, 5) is 22.8. The predicted octanol–water partition coefficient (Wildman–Crippen LogP) is 2.73. The molecule has 2 rings (SSSR count). The van der Waals surface area contributed by atoms with Crippen molar-refractivity contribution in [2.45, 2.75) is 39.2 Å². The van der Waals surface area contributed by atoms with Gasteiger partial charge >= 0.3 is 0 Å². The Balaban J connectivity index is 2.20. The van der Waals surface area contributed by atoms with E-state index in [1.165, 1.54) is 18.2 Å². The molecule has 0 spiro atoms. The Kier molecular flexibility index (Phi) is 4.45. The molecule has 1 aromatic carbocycles. The highest BCUT2D eigenvalue weighted by Crippen LogP contribution is 2.30. The number of carbonyl (C=O) groups excluding carboxylic acids is 1. The summed E-state index contributed by atoms with van der Waals surface area (Å²) in [5.41, 5.74) is 5.81. The van der Waals surface area contributed by atoms with E-state index >= 15 is 0 Å². The van der Waals surface area contributed by atoms with Gasteiger partial charge in [-0.15, -0.1) is 0 Å². The van der Waals surface area contributed by atoms with Crippen LogP contribution in [0.2, 0.25) is 0 Å². The molecule has 114 valence electrons. The van der Waals surface area contributed by atoms with Gasteiger partial charge in [-0.2, -0.15) is 0 Å². The average molecular weight is 291 g/mol. The van der Waals surface area contributed by atoms with Crippen molar-refractivity contribution >= 4 is 17.3 Å². The monoisotopic (exact) mass is 291 g/mol. The summed E-state index contributed by atoms with van der Waals surface area (Å²) in [5.74, 6) is 0.489. The molecular weight excluding hydrogens is 270 g/mol. The largest absolute Gasteiger partial charge is 0.399 e. The molecule has 0 aliphatic heterocycles. The molecule has 1 amide bonds.